The van der Waals surface area contributed by atoms with E-state index in [9.17, 15) is 27.1 Å². The molecule has 0 saturated heterocycles. The van der Waals surface area contributed by atoms with E-state index in [2.05, 4.69) is 25.3 Å². The van der Waals surface area contributed by atoms with E-state index < -0.39 is 24.2 Å². The van der Waals surface area contributed by atoms with Crippen molar-refractivity contribution in [1.29, 1.82) is 0 Å². The third kappa shape index (κ3) is 5.36. The Balaban J connectivity index is 1.71. The first-order valence-electron chi connectivity index (χ1n) is 11.4. The van der Waals surface area contributed by atoms with Crippen LogP contribution in [0.25, 0.3) is 20.8 Å². The minimum absolute atomic E-state index is 0.0423. The molecule has 7 nitrogen and oxygen atoms in total. The normalized spacial score (nSPS) is 19.2. The number of pyridine rings is 1. The van der Waals surface area contributed by atoms with Crippen LogP contribution in [0, 0.1) is 19.8 Å². The Labute approximate surface area is 208 Å². The van der Waals surface area contributed by atoms with Gasteiger partial charge in [0.1, 0.15) is 16.3 Å². The van der Waals surface area contributed by atoms with Crippen LogP contribution >= 0.6 is 11.3 Å². The van der Waals surface area contributed by atoms with Crippen LogP contribution in [0.4, 0.5) is 33.7 Å². The Kier molecular flexibility index (Phi) is 6.84. The summed E-state index contributed by atoms with van der Waals surface area (Å²) >= 11 is 1.38. The lowest BCUT2D eigenvalue weighted by Gasteiger charge is -2.26. The molecule has 1 fully saturated rings. The molecular weight excluding hydrogens is 503 g/mol. The summed E-state index contributed by atoms with van der Waals surface area (Å²) in [5, 5.41) is 16.3. The van der Waals surface area contributed by atoms with Crippen LogP contribution in [0.3, 0.4) is 0 Å². The van der Waals surface area contributed by atoms with Gasteiger partial charge < -0.3 is 15.7 Å². The fraction of sp³-hybridized carbons (Fsp3) is 0.565. The van der Waals surface area contributed by atoms with Crippen LogP contribution in [-0.2, 0) is 0 Å². The number of nitrogens with zero attached hydrogens (tertiary/aromatic N) is 4. The number of aromatic nitrogens is 4. The van der Waals surface area contributed by atoms with Gasteiger partial charge in [-0.2, -0.15) is 26.9 Å². The number of thiazole rings is 1. The predicted octanol–water partition coefficient (Wildman–Crippen LogP) is 5.73. The zero-order valence-corrected chi connectivity index (χ0v) is 21.0. The molecule has 0 bridgehead atoms. The first-order valence-corrected chi connectivity index (χ1v) is 12.3. The zero-order chi connectivity index (χ0) is 26.5. The summed E-state index contributed by atoms with van der Waals surface area (Å²) < 4.78 is 65.8. The lowest BCUT2D eigenvalue weighted by Crippen LogP contribution is -2.42. The number of hydrogen-bond acceptors (Lipinski definition) is 8. The van der Waals surface area contributed by atoms with E-state index in [1.807, 2.05) is 18.3 Å². The molecule has 0 amide bonds. The second kappa shape index (κ2) is 9.33. The molecule has 196 valence electrons. The average Bonchev–Trinajstić information content (AvgIpc) is 3.39. The molecular formula is C23H27F5N6OS. The van der Waals surface area contributed by atoms with Gasteiger partial charge in [0.25, 0.3) is 0 Å². The molecule has 1 aliphatic rings. The van der Waals surface area contributed by atoms with E-state index in [4.69, 9.17) is 0 Å². The van der Waals surface area contributed by atoms with Gasteiger partial charge in [0, 0.05) is 12.2 Å². The Morgan fingerprint density at radius 2 is 1.78 bits per heavy atom. The van der Waals surface area contributed by atoms with Gasteiger partial charge in [-0.1, -0.05) is 0 Å². The van der Waals surface area contributed by atoms with Crippen LogP contribution in [0.5, 0.6) is 0 Å². The minimum Gasteiger partial charge on any atom is -0.390 e. The Hall–Kier alpha value is -2.67. The molecule has 0 radical (unpaired) electrons. The third-order valence-electron chi connectivity index (χ3n) is 6.45. The van der Waals surface area contributed by atoms with Crippen molar-refractivity contribution in [3.05, 3.63) is 23.7 Å². The van der Waals surface area contributed by atoms with Crippen molar-refractivity contribution >= 4 is 33.3 Å². The molecule has 3 aromatic heterocycles. The molecule has 0 spiro atoms. The van der Waals surface area contributed by atoms with Crippen molar-refractivity contribution in [2.75, 3.05) is 17.2 Å². The smallest absolute Gasteiger partial charge is 0.390 e. The largest absolute Gasteiger partial charge is 0.455 e. The highest BCUT2D eigenvalue weighted by Crippen LogP contribution is 2.40. The van der Waals surface area contributed by atoms with Gasteiger partial charge in [-0.05, 0) is 58.9 Å². The molecule has 1 aliphatic carbocycles. The monoisotopic (exact) mass is 530 g/mol. The van der Waals surface area contributed by atoms with Gasteiger partial charge >= 0.3 is 12.1 Å². The summed E-state index contributed by atoms with van der Waals surface area (Å²) in [7, 11) is 0. The number of halogens is 5. The van der Waals surface area contributed by atoms with Crippen molar-refractivity contribution in [2.24, 2.45) is 5.92 Å². The number of anilines is 2. The summed E-state index contributed by atoms with van der Waals surface area (Å²) in [5.74, 6) is -4.97. The van der Waals surface area contributed by atoms with Crippen LogP contribution in [-0.4, -0.2) is 55.3 Å². The quantitative estimate of drug-likeness (QED) is 0.336. The summed E-state index contributed by atoms with van der Waals surface area (Å²) in [4.78, 5) is 17.4. The number of rotatable bonds is 7. The fourth-order valence-corrected chi connectivity index (χ4v) is 5.45. The average molecular weight is 531 g/mol. The number of fused-ring (bicyclic) bond motifs is 1. The van der Waals surface area contributed by atoms with Gasteiger partial charge in [0.15, 0.2) is 0 Å². The number of nitrogens with one attached hydrogen (secondary N) is 2. The standard InChI is InChI=1S/C23H27F5N6OS/c1-11-16(19-33-17-12(2)29-8-7-15(17)36-19)18(32-14-6-5-13(9-14)21(3,4)35)34-20(31-11)30-10-22(24,25)23(26,27)28/h7-8,13-14,35H,5-6,9-10H2,1-4H3,(H2,30,31,32,34). The molecule has 0 aromatic carbocycles. The van der Waals surface area contributed by atoms with Crippen LogP contribution in [0.2, 0.25) is 0 Å². The molecule has 1 saturated carbocycles. The molecule has 2 atom stereocenters. The number of alkyl halides is 5. The second-order valence-electron chi connectivity index (χ2n) is 9.68. The number of hydrogen-bond donors (Lipinski definition) is 3. The van der Waals surface area contributed by atoms with Crippen LogP contribution in [0.15, 0.2) is 12.3 Å². The molecule has 13 heteroatoms. The maximum absolute atomic E-state index is 13.5. The molecule has 0 aliphatic heterocycles. The molecule has 4 rings (SSSR count). The molecule has 3 aromatic rings. The lowest BCUT2D eigenvalue weighted by atomic mass is 9.89. The molecule has 3 heterocycles. The van der Waals surface area contributed by atoms with Crippen molar-refractivity contribution < 1.29 is 27.1 Å². The van der Waals surface area contributed by atoms with Gasteiger partial charge in [-0.25, -0.2) is 9.97 Å². The zero-order valence-electron chi connectivity index (χ0n) is 20.2. The van der Waals surface area contributed by atoms with Crippen LogP contribution < -0.4 is 10.6 Å². The van der Waals surface area contributed by atoms with Crippen molar-refractivity contribution in [1.82, 2.24) is 19.9 Å². The van der Waals surface area contributed by atoms with E-state index in [0.717, 1.165) is 23.2 Å². The summed E-state index contributed by atoms with van der Waals surface area (Å²) in [6.45, 7) is 5.27. The number of aryl methyl sites for hydroxylation is 2. The predicted molar refractivity (Wildman–Crippen MR) is 128 cm³/mol. The highest BCUT2D eigenvalue weighted by Gasteiger charge is 2.57. The van der Waals surface area contributed by atoms with Gasteiger partial charge in [0.2, 0.25) is 5.95 Å². The molecule has 3 N–H and O–H groups in total. The Morgan fingerprint density at radius 1 is 1.06 bits per heavy atom. The Morgan fingerprint density at radius 3 is 2.39 bits per heavy atom. The molecule has 36 heavy (non-hydrogen) atoms. The maximum atomic E-state index is 13.5. The van der Waals surface area contributed by atoms with Crippen molar-refractivity contribution in [3.8, 4) is 10.6 Å². The fourth-order valence-electron chi connectivity index (χ4n) is 4.34. The SMILES string of the molecule is Cc1nc(NCC(F)(F)C(F)(F)F)nc(NC2CCC(C(C)(C)O)C2)c1-c1nc2c(C)nccc2s1. The van der Waals surface area contributed by atoms with Gasteiger partial charge in [-0.3, -0.25) is 4.98 Å². The van der Waals surface area contributed by atoms with Gasteiger partial charge in [0.05, 0.1) is 33.8 Å². The lowest BCUT2D eigenvalue weighted by molar-refractivity contribution is -0.275. The van der Waals surface area contributed by atoms with E-state index in [1.54, 1.807) is 27.0 Å². The summed E-state index contributed by atoms with van der Waals surface area (Å²) in [5.41, 5.74) is 1.48. The van der Waals surface area contributed by atoms with E-state index >= 15 is 0 Å². The van der Waals surface area contributed by atoms with Gasteiger partial charge in [-0.15, -0.1) is 11.3 Å². The summed E-state index contributed by atoms with van der Waals surface area (Å²) in [6.07, 6.45) is -1.88. The highest BCUT2D eigenvalue weighted by atomic mass is 32.1. The maximum Gasteiger partial charge on any atom is 0.455 e. The minimum atomic E-state index is -5.70. The van der Waals surface area contributed by atoms with Crippen molar-refractivity contribution in [2.45, 2.75) is 70.7 Å². The highest BCUT2D eigenvalue weighted by molar-refractivity contribution is 7.21. The topological polar surface area (TPSA) is 95.9 Å². The van der Waals surface area contributed by atoms with E-state index in [0.29, 0.717) is 28.2 Å². The van der Waals surface area contributed by atoms with E-state index in [-0.39, 0.29) is 23.7 Å². The molecule has 2 unspecified atom stereocenters. The Bertz CT molecular complexity index is 1260. The first-order chi connectivity index (χ1) is 16.7. The third-order valence-corrected chi connectivity index (χ3v) is 7.49. The summed E-state index contributed by atoms with van der Waals surface area (Å²) in [6, 6.07) is 1.74. The van der Waals surface area contributed by atoms with Crippen LogP contribution in [0.1, 0.15) is 44.5 Å². The van der Waals surface area contributed by atoms with E-state index in [1.165, 1.54) is 11.3 Å². The van der Waals surface area contributed by atoms with Crippen molar-refractivity contribution in [3.63, 3.8) is 0 Å². The second-order valence-corrected chi connectivity index (χ2v) is 10.7. The first kappa shape index (κ1) is 26.4. The number of aliphatic hydroxyl groups is 1.